The van der Waals surface area contributed by atoms with Crippen LogP contribution in [0.2, 0.25) is 0 Å². The van der Waals surface area contributed by atoms with Crippen molar-refractivity contribution in [3.8, 4) is 5.75 Å². The van der Waals surface area contributed by atoms with Gasteiger partial charge in [-0.3, -0.25) is 14.5 Å². The maximum Gasteiger partial charge on any atom is 0.303 e. The second kappa shape index (κ2) is 9.42. The molecule has 1 amide bonds. The van der Waals surface area contributed by atoms with Crippen LogP contribution in [0.1, 0.15) is 31.2 Å². The molecule has 1 aromatic carbocycles. The molecule has 0 bridgehead atoms. The van der Waals surface area contributed by atoms with Crippen LogP contribution in [0.5, 0.6) is 5.75 Å². The van der Waals surface area contributed by atoms with Gasteiger partial charge in [0.15, 0.2) is 0 Å². The molecule has 2 rings (SSSR count). The lowest BCUT2D eigenvalue weighted by atomic mass is 9.97. The number of benzene rings is 1. The number of carbonyl (C=O) groups excluding carboxylic acids is 1. The summed E-state index contributed by atoms with van der Waals surface area (Å²) in [5.74, 6) is 0.353. The Bertz CT molecular complexity index is 591. The second-order valence-electron chi connectivity index (χ2n) is 6.73. The van der Waals surface area contributed by atoms with Crippen LogP contribution in [-0.2, 0) is 16.1 Å². The summed E-state index contributed by atoms with van der Waals surface area (Å²) in [4.78, 5) is 27.3. The summed E-state index contributed by atoms with van der Waals surface area (Å²) in [6.07, 6.45) is 2.95. The van der Waals surface area contributed by atoms with Gasteiger partial charge in [-0.15, -0.1) is 0 Å². The number of carboxylic acid groups (broad SMARTS) is 1. The number of amides is 1. The Kier molecular flexibility index (Phi) is 7.25. The van der Waals surface area contributed by atoms with Crippen LogP contribution >= 0.6 is 0 Å². The molecule has 0 aliphatic carbocycles. The lowest BCUT2D eigenvalue weighted by molar-refractivity contribution is -0.138. The fourth-order valence-electron chi connectivity index (χ4n) is 3.32. The highest BCUT2D eigenvalue weighted by Crippen LogP contribution is 2.21. The minimum Gasteiger partial charge on any atom is -0.496 e. The number of likely N-dealkylation sites (tertiary alicyclic amines) is 1. The van der Waals surface area contributed by atoms with E-state index in [0.29, 0.717) is 13.1 Å². The number of likely N-dealkylation sites (N-methyl/N-ethyl adjacent to an activating group) is 1. The van der Waals surface area contributed by atoms with E-state index in [1.165, 1.54) is 0 Å². The minimum atomic E-state index is -0.730. The SMILES string of the molecule is COc1ccccc1CN(C)C(=O)CN1CCC[C@@H](CC(=O)O)CC1. The van der Waals surface area contributed by atoms with Crippen molar-refractivity contribution < 1.29 is 19.4 Å². The number of nitrogens with zero attached hydrogens (tertiary/aromatic N) is 2. The van der Waals surface area contributed by atoms with Gasteiger partial charge in [-0.05, 0) is 44.3 Å². The van der Waals surface area contributed by atoms with Gasteiger partial charge < -0.3 is 14.7 Å². The molecule has 0 aromatic heterocycles. The third kappa shape index (κ3) is 6.05. The highest BCUT2D eigenvalue weighted by atomic mass is 16.5. The molecule has 1 fully saturated rings. The number of aliphatic carboxylic acids is 1. The Labute approximate surface area is 149 Å². The predicted octanol–water partition coefficient (Wildman–Crippen LogP) is 2.23. The van der Waals surface area contributed by atoms with E-state index in [4.69, 9.17) is 9.84 Å². The average Bonchev–Trinajstić information content (AvgIpc) is 2.80. The summed E-state index contributed by atoms with van der Waals surface area (Å²) in [6.45, 7) is 2.53. The molecule has 6 nitrogen and oxygen atoms in total. The van der Waals surface area contributed by atoms with Crippen molar-refractivity contribution in [3.05, 3.63) is 29.8 Å². The van der Waals surface area contributed by atoms with E-state index >= 15 is 0 Å². The first-order valence-corrected chi connectivity index (χ1v) is 8.79. The fraction of sp³-hybridized carbons (Fsp3) is 0.579. The highest BCUT2D eigenvalue weighted by Gasteiger charge is 2.22. The first-order chi connectivity index (χ1) is 12.0. The minimum absolute atomic E-state index is 0.0718. The van der Waals surface area contributed by atoms with Gasteiger partial charge in [0.2, 0.25) is 5.91 Å². The van der Waals surface area contributed by atoms with Crippen LogP contribution in [0.3, 0.4) is 0 Å². The molecule has 0 radical (unpaired) electrons. The van der Waals surface area contributed by atoms with Crippen LogP contribution in [-0.4, -0.2) is 60.6 Å². The van der Waals surface area contributed by atoms with Crippen molar-refractivity contribution in [2.45, 2.75) is 32.2 Å². The normalized spacial score (nSPS) is 18.4. The number of hydrogen-bond acceptors (Lipinski definition) is 4. The molecule has 1 aliphatic heterocycles. The highest BCUT2D eigenvalue weighted by molar-refractivity contribution is 5.78. The molecule has 1 aromatic rings. The topological polar surface area (TPSA) is 70.1 Å². The van der Waals surface area contributed by atoms with Crippen LogP contribution in [0, 0.1) is 5.92 Å². The number of carbonyl (C=O) groups is 2. The molecule has 1 N–H and O–H groups in total. The van der Waals surface area contributed by atoms with Crippen LogP contribution < -0.4 is 4.74 Å². The summed E-state index contributed by atoms with van der Waals surface area (Å²) in [7, 11) is 3.44. The van der Waals surface area contributed by atoms with Gasteiger partial charge in [-0.1, -0.05) is 18.2 Å². The predicted molar refractivity (Wildman–Crippen MR) is 95.5 cm³/mol. The van der Waals surface area contributed by atoms with E-state index in [2.05, 4.69) is 4.90 Å². The van der Waals surface area contributed by atoms with Gasteiger partial charge >= 0.3 is 5.97 Å². The Morgan fingerprint density at radius 2 is 2.04 bits per heavy atom. The summed E-state index contributed by atoms with van der Waals surface area (Å²) in [5.41, 5.74) is 0.984. The van der Waals surface area contributed by atoms with E-state index in [0.717, 1.165) is 43.7 Å². The van der Waals surface area contributed by atoms with Crippen molar-refractivity contribution in [3.63, 3.8) is 0 Å². The Morgan fingerprint density at radius 3 is 2.76 bits per heavy atom. The van der Waals surface area contributed by atoms with Crippen molar-refractivity contribution in [2.75, 3.05) is 33.8 Å². The first kappa shape index (κ1) is 19.2. The zero-order valence-corrected chi connectivity index (χ0v) is 15.1. The van der Waals surface area contributed by atoms with Gasteiger partial charge in [0.1, 0.15) is 5.75 Å². The monoisotopic (exact) mass is 348 g/mol. The number of methoxy groups -OCH3 is 1. The van der Waals surface area contributed by atoms with E-state index in [1.54, 1.807) is 19.1 Å². The van der Waals surface area contributed by atoms with Gasteiger partial charge in [0, 0.05) is 25.6 Å². The molecule has 0 unspecified atom stereocenters. The van der Waals surface area contributed by atoms with Crippen LogP contribution in [0.25, 0.3) is 0 Å². The zero-order chi connectivity index (χ0) is 18.2. The largest absolute Gasteiger partial charge is 0.496 e. The van der Waals surface area contributed by atoms with Gasteiger partial charge in [-0.2, -0.15) is 0 Å². The molecule has 0 spiro atoms. The lowest BCUT2D eigenvalue weighted by Gasteiger charge is -2.24. The molecule has 1 heterocycles. The molecule has 1 atom stereocenters. The van der Waals surface area contributed by atoms with E-state index < -0.39 is 5.97 Å². The van der Waals surface area contributed by atoms with Gasteiger partial charge in [-0.25, -0.2) is 0 Å². The third-order valence-corrected chi connectivity index (χ3v) is 4.79. The van der Waals surface area contributed by atoms with Gasteiger partial charge in [0.05, 0.1) is 13.7 Å². The maximum absolute atomic E-state index is 12.5. The molecule has 0 saturated carbocycles. The summed E-state index contributed by atoms with van der Waals surface area (Å²) in [5, 5.41) is 8.94. The quantitative estimate of drug-likeness (QED) is 0.818. The van der Waals surface area contributed by atoms with Crippen molar-refractivity contribution in [1.29, 1.82) is 0 Å². The van der Waals surface area contributed by atoms with Crippen molar-refractivity contribution >= 4 is 11.9 Å². The first-order valence-electron chi connectivity index (χ1n) is 8.79. The Morgan fingerprint density at radius 1 is 1.28 bits per heavy atom. The van der Waals surface area contributed by atoms with Crippen LogP contribution in [0.4, 0.5) is 0 Å². The Balaban J connectivity index is 1.85. The third-order valence-electron chi connectivity index (χ3n) is 4.79. The second-order valence-corrected chi connectivity index (χ2v) is 6.73. The number of para-hydroxylation sites is 1. The number of carboxylic acids is 1. The number of hydrogen-bond donors (Lipinski definition) is 1. The number of ether oxygens (including phenoxy) is 1. The standard InChI is InChI=1S/C19H28N2O4/c1-20(13-16-7-3-4-8-17(16)25-2)18(22)14-21-10-5-6-15(9-11-21)12-19(23)24/h3-4,7-8,15H,5-6,9-14H2,1-2H3,(H,23,24)/t15-/m1/s1. The molecule has 6 heteroatoms. The molecule has 138 valence electrons. The zero-order valence-electron chi connectivity index (χ0n) is 15.1. The van der Waals surface area contributed by atoms with Crippen molar-refractivity contribution in [1.82, 2.24) is 9.80 Å². The average molecular weight is 348 g/mol. The van der Waals surface area contributed by atoms with E-state index in [9.17, 15) is 9.59 Å². The molecular formula is C19H28N2O4. The van der Waals surface area contributed by atoms with Crippen LogP contribution in [0.15, 0.2) is 24.3 Å². The summed E-state index contributed by atoms with van der Waals surface area (Å²) < 4.78 is 5.34. The summed E-state index contributed by atoms with van der Waals surface area (Å²) >= 11 is 0. The maximum atomic E-state index is 12.5. The summed E-state index contributed by atoms with van der Waals surface area (Å²) in [6, 6.07) is 7.71. The number of rotatable bonds is 7. The Hall–Kier alpha value is -2.08. The molecule has 25 heavy (non-hydrogen) atoms. The smallest absolute Gasteiger partial charge is 0.303 e. The fourth-order valence-corrected chi connectivity index (χ4v) is 3.32. The molecule has 1 saturated heterocycles. The van der Waals surface area contributed by atoms with Gasteiger partial charge in [0.25, 0.3) is 0 Å². The molecular weight excluding hydrogens is 320 g/mol. The molecule has 1 aliphatic rings. The lowest BCUT2D eigenvalue weighted by Crippen LogP contribution is -2.38. The van der Waals surface area contributed by atoms with E-state index in [-0.39, 0.29) is 18.2 Å². The van der Waals surface area contributed by atoms with E-state index in [1.807, 2.05) is 24.3 Å². The van der Waals surface area contributed by atoms with Crippen molar-refractivity contribution in [2.24, 2.45) is 5.92 Å².